The summed E-state index contributed by atoms with van der Waals surface area (Å²) in [5.41, 5.74) is 3.25. The zero-order valence-corrected chi connectivity index (χ0v) is 18.8. The minimum Gasteiger partial charge on any atom is -0.326 e. The summed E-state index contributed by atoms with van der Waals surface area (Å²) in [5, 5.41) is 5.62. The molecule has 32 heavy (non-hydrogen) atoms. The van der Waals surface area contributed by atoms with E-state index in [1.807, 2.05) is 42.1 Å². The number of nitrogens with zero attached hydrogens (tertiary/aromatic N) is 2. The van der Waals surface area contributed by atoms with Gasteiger partial charge in [0.1, 0.15) is 6.54 Å². The molecule has 0 saturated carbocycles. The molecule has 3 amide bonds. The molecule has 0 unspecified atom stereocenters. The molecule has 2 heterocycles. The Bertz CT molecular complexity index is 973. The fourth-order valence-electron chi connectivity index (χ4n) is 3.90. The zero-order chi connectivity index (χ0) is 22.3. The molecular formula is C24H28N4O3S. The maximum Gasteiger partial charge on any atom is 0.244 e. The van der Waals surface area contributed by atoms with Gasteiger partial charge in [-0.25, -0.2) is 0 Å². The number of carbonyl (C=O) groups is 3. The minimum absolute atomic E-state index is 0.0325. The van der Waals surface area contributed by atoms with Gasteiger partial charge in [-0.1, -0.05) is 24.3 Å². The Morgan fingerprint density at radius 3 is 2.53 bits per heavy atom. The lowest BCUT2D eigenvalue weighted by Gasteiger charge is -2.29. The highest BCUT2D eigenvalue weighted by molar-refractivity contribution is 7.99. The van der Waals surface area contributed by atoms with Gasteiger partial charge in [0.2, 0.25) is 17.7 Å². The van der Waals surface area contributed by atoms with E-state index in [0.29, 0.717) is 11.4 Å². The SMILES string of the molecule is O=C(CCC(=O)N1CC(=O)Nc2ccccc21)Nc1ccc(CCN2CCSCC2)cc1. The highest BCUT2D eigenvalue weighted by Crippen LogP contribution is 2.29. The third kappa shape index (κ3) is 5.89. The predicted molar refractivity (Wildman–Crippen MR) is 129 cm³/mol. The van der Waals surface area contributed by atoms with E-state index in [1.165, 1.54) is 22.0 Å². The van der Waals surface area contributed by atoms with Crippen molar-refractivity contribution in [2.45, 2.75) is 19.3 Å². The highest BCUT2D eigenvalue weighted by Gasteiger charge is 2.26. The smallest absolute Gasteiger partial charge is 0.244 e. The van der Waals surface area contributed by atoms with E-state index in [9.17, 15) is 14.4 Å². The van der Waals surface area contributed by atoms with Gasteiger partial charge in [-0.2, -0.15) is 11.8 Å². The summed E-state index contributed by atoms with van der Waals surface area (Å²) in [7, 11) is 0. The Morgan fingerprint density at radius 2 is 1.75 bits per heavy atom. The summed E-state index contributed by atoms with van der Waals surface area (Å²) in [6.07, 6.45) is 1.10. The Morgan fingerprint density at radius 1 is 1.00 bits per heavy atom. The minimum atomic E-state index is -0.242. The van der Waals surface area contributed by atoms with Crippen LogP contribution in [-0.4, -0.2) is 60.3 Å². The second kappa shape index (κ2) is 10.7. The van der Waals surface area contributed by atoms with E-state index in [-0.39, 0.29) is 37.1 Å². The molecule has 0 bridgehead atoms. The molecule has 0 aromatic heterocycles. The average molecular weight is 453 g/mol. The lowest BCUT2D eigenvalue weighted by atomic mass is 10.1. The van der Waals surface area contributed by atoms with Crippen LogP contribution in [0.25, 0.3) is 0 Å². The van der Waals surface area contributed by atoms with E-state index < -0.39 is 0 Å². The average Bonchev–Trinajstić information content (AvgIpc) is 2.82. The monoisotopic (exact) mass is 452 g/mol. The van der Waals surface area contributed by atoms with Crippen molar-refractivity contribution in [1.29, 1.82) is 0 Å². The number of hydrogen-bond donors (Lipinski definition) is 2. The molecule has 0 spiro atoms. The molecule has 2 aliphatic heterocycles. The molecular weight excluding hydrogens is 424 g/mol. The summed E-state index contributed by atoms with van der Waals surface area (Å²) in [4.78, 5) is 40.9. The molecule has 8 heteroatoms. The first-order chi connectivity index (χ1) is 15.6. The van der Waals surface area contributed by atoms with Crippen LogP contribution in [0.4, 0.5) is 17.1 Å². The first-order valence-corrected chi connectivity index (χ1v) is 12.1. The van der Waals surface area contributed by atoms with E-state index in [0.717, 1.165) is 31.7 Å². The number of fused-ring (bicyclic) bond motifs is 1. The van der Waals surface area contributed by atoms with Crippen molar-refractivity contribution in [1.82, 2.24) is 4.90 Å². The normalized spacial score (nSPS) is 16.2. The number of hydrogen-bond acceptors (Lipinski definition) is 5. The first kappa shape index (κ1) is 22.4. The molecule has 7 nitrogen and oxygen atoms in total. The third-order valence-electron chi connectivity index (χ3n) is 5.70. The molecule has 2 aromatic rings. The van der Waals surface area contributed by atoms with Crippen LogP contribution in [0.1, 0.15) is 18.4 Å². The summed E-state index contributed by atoms with van der Waals surface area (Å²) >= 11 is 2.02. The van der Waals surface area contributed by atoms with Crippen LogP contribution in [0.15, 0.2) is 48.5 Å². The highest BCUT2D eigenvalue weighted by atomic mass is 32.2. The zero-order valence-electron chi connectivity index (χ0n) is 18.0. The van der Waals surface area contributed by atoms with Gasteiger partial charge in [-0.3, -0.25) is 14.4 Å². The molecule has 2 N–H and O–H groups in total. The Hall–Kier alpha value is -2.84. The van der Waals surface area contributed by atoms with Crippen LogP contribution in [0, 0.1) is 0 Å². The van der Waals surface area contributed by atoms with Gasteiger partial charge in [0.05, 0.1) is 11.4 Å². The van der Waals surface area contributed by atoms with Gasteiger partial charge in [-0.05, 0) is 36.2 Å². The molecule has 0 atom stereocenters. The standard InChI is InChI=1S/C24H28N4O3S/c29-22(9-10-24(31)28-17-23(30)26-20-3-1-2-4-21(20)28)25-19-7-5-18(6-8-19)11-12-27-13-15-32-16-14-27/h1-8H,9-17H2,(H,25,29)(H,26,30). The number of thioether (sulfide) groups is 1. The topological polar surface area (TPSA) is 81.8 Å². The second-order valence-electron chi connectivity index (χ2n) is 7.99. The van der Waals surface area contributed by atoms with Crippen molar-refractivity contribution < 1.29 is 14.4 Å². The van der Waals surface area contributed by atoms with Crippen LogP contribution < -0.4 is 15.5 Å². The van der Waals surface area contributed by atoms with Crippen molar-refractivity contribution in [3.8, 4) is 0 Å². The second-order valence-corrected chi connectivity index (χ2v) is 9.22. The van der Waals surface area contributed by atoms with E-state index in [2.05, 4.69) is 15.5 Å². The van der Waals surface area contributed by atoms with Crippen molar-refractivity contribution >= 4 is 46.5 Å². The quantitative estimate of drug-likeness (QED) is 0.675. The molecule has 2 aliphatic rings. The molecule has 0 radical (unpaired) electrons. The van der Waals surface area contributed by atoms with E-state index in [4.69, 9.17) is 0 Å². The van der Waals surface area contributed by atoms with Crippen LogP contribution in [0.3, 0.4) is 0 Å². The summed E-state index contributed by atoms with van der Waals surface area (Å²) in [6.45, 7) is 3.34. The molecule has 0 aliphatic carbocycles. The Kier molecular flexibility index (Phi) is 7.44. The maximum absolute atomic E-state index is 12.7. The largest absolute Gasteiger partial charge is 0.326 e. The van der Waals surface area contributed by atoms with E-state index >= 15 is 0 Å². The first-order valence-electron chi connectivity index (χ1n) is 11.0. The predicted octanol–water partition coefficient (Wildman–Crippen LogP) is 2.98. The van der Waals surface area contributed by atoms with Gasteiger partial charge in [0, 0.05) is 49.7 Å². The molecule has 4 rings (SSSR count). The van der Waals surface area contributed by atoms with Crippen LogP contribution in [0.2, 0.25) is 0 Å². The van der Waals surface area contributed by atoms with Crippen LogP contribution in [-0.2, 0) is 20.8 Å². The third-order valence-corrected chi connectivity index (χ3v) is 6.64. The van der Waals surface area contributed by atoms with Gasteiger partial charge in [-0.15, -0.1) is 0 Å². The van der Waals surface area contributed by atoms with Gasteiger partial charge < -0.3 is 20.4 Å². The van der Waals surface area contributed by atoms with Gasteiger partial charge in [0.15, 0.2) is 0 Å². The number of nitrogens with one attached hydrogen (secondary N) is 2. The number of benzene rings is 2. The van der Waals surface area contributed by atoms with Crippen molar-refractivity contribution in [3.63, 3.8) is 0 Å². The lowest BCUT2D eigenvalue weighted by Crippen LogP contribution is -2.42. The lowest BCUT2D eigenvalue weighted by molar-refractivity contribution is -0.124. The number of anilines is 3. The number of rotatable bonds is 7. The Labute approximate surface area is 192 Å². The van der Waals surface area contributed by atoms with Crippen molar-refractivity contribution in [2.75, 3.05) is 53.2 Å². The molecule has 1 fully saturated rings. The van der Waals surface area contributed by atoms with Gasteiger partial charge >= 0.3 is 0 Å². The summed E-state index contributed by atoms with van der Waals surface area (Å²) < 4.78 is 0. The maximum atomic E-state index is 12.7. The molecule has 168 valence electrons. The summed E-state index contributed by atoms with van der Waals surface area (Å²) in [5.74, 6) is 1.73. The molecule has 1 saturated heterocycles. The fourth-order valence-corrected chi connectivity index (χ4v) is 4.88. The van der Waals surface area contributed by atoms with Gasteiger partial charge in [0.25, 0.3) is 0 Å². The van der Waals surface area contributed by atoms with Crippen molar-refractivity contribution in [3.05, 3.63) is 54.1 Å². The van der Waals surface area contributed by atoms with E-state index in [1.54, 1.807) is 18.2 Å². The summed E-state index contributed by atoms with van der Waals surface area (Å²) in [6, 6.07) is 15.1. The molecule has 2 aromatic carbocycles. The fraction of sp³-hybridized carbons (Fsp3) is 0.375. The number of carbonyl (C=O) groups excluding carboxylic acids is 3. The number of amides is 3. The van der Waals surface area contributed by atoms with Crippen LogP contribution in [0.5, 0.6) is 0 Å². The van der Waals surface area contributed by atoms with Crippen molar-refractivity contribution in [2.24, 2.45) is 0 Å². The number of para-hydroxylation sites is 2. The van der Waals surface area contributed by atoms with Crippen LogP contribution >= 0.6 is 11.8 Å². The Balaban J connectivity index is 1.24.